The molecular weight excluding hydrogens is 330 g/mol. The maximum Gasteiger partial charge on any atom is 0.321 e. The van der Waals surface area contributed by atoms with Crippen molar-refractivity contribution >= 4 is 11.7 Å². The Labute approximate surface area is 154 Å². The second kappa shape index (κ2) is 9.08. The maximum atomic E-state index is 12.4. The Morgan fingerprint density at radius 3 is 2.69 bits per heavy atom. The fraction of sp³-hybridized carbons (Fsp3) is 0.400. The highest BCUT2D eigenvalue weighted by atomic mass is 16.5. The van der Waals surface area contributed by atoms with E-state index in [1.165, 1.54) is 0 Å². The summed E-state index contributed by atoms with van der Waals surface area (Å²) in [5.74, 6) is 2.18. The van der Waals surface area contributed by atoms with E-state index in [1.807, 2.05) is 41.3 Å². The number of rotatable bonds is 6. The van der Waals surface area contributed by atoms with Crippen LogP contribution in [0.4, 0.5) is 10.5 Å². The molecule has 2 amide bonds. The van der Waals surface area contributed by atoms with Gasteiger partial charge in [-0.05, 0) is 49.4 Å². The predicted octanol–water partition coefficient (Wildman–Crippen LogP) is 3.80. The van der Waals surface area contributed by atoms with Crippen molar-refractivity contribution in [3.05, 3.63) is 48.8 Å². The second-order valence-corrected chi connectivity index (χ2v) is 6.41. The fourth-order valence-corrected chi connectivity index (χ4v) is 3.11. The summed E-state index contributed by atoms with van der Waals surface area (Å²) >= 11 is 0. The van der Waals surface area contributed by atoms with E-state index in [-0.39, 0.29) is 6.03 Å². The van der Waals surface area contributed by atoms with Crippen molar-refractivity contribution in [1.29, 1.82) is 0 Å². The first-order valence-corrected chi connectivity index (χ1v) is 8.97. The lowest BCUT2D eigenvalue weighted by molar-refractivity contribution is 0.170. The minimum atomic E-state index is -0.0512. The molecule has 1 fully saturated rings. The molecule has 1 aromatic carbocycles. The van der Waals surface area contributed by atoms with Crippen molar-refractivity contribution in [2.24, 2.45) is 5.92 Å². The van der Waals surface area contributed by atoms with Gasteiger partial charge in [-0.25, -0.2) is 4.79 Å². The molecule has 6 nitrogen and oxygen atoms in total. The van der Waals surface area contributed by atoms with Crippen molar-refractivity contribution in [2.75, 3.05) is 32.1 Å². The SMILES string of the molecule is COc1cccc(NC(=O)N2CCC(CCOc3ccncc3)CC2)c1. The number of benzene rings is 1. The minimum Gasteiger partial charge on any atom is -0.497 e. The van der Waals surface area contributed by atoms with Crippen molar-refractivity contribution in [3.8, 4) is 11.5 Å². The number of likely N-dealkylation sites (tertiary alicyclic amines) is 1. The van der Waals surface area contributed by atoms with Gasteiger partial charge in [-0.3, -0.25) is 4.98 Å². The molecule has 0 atom stereocenters. The van der Waals surface area contributed by atoms with Crippen LogP contribution in [0.3, 0.4) is 0 Å². The van der Waals surface area contributed by atoms with Gasteiger partial charge < -0.3 is 19.7 Å². The van der Waals surface area contributed by atoms with Crippen LogP contribution >= 0.6 is 0 Å². The van der Waals surface area contributed by atoms with Crippen LogP contribution < -0.4 is 14.8 Å². The molecule has 6 heteroatoms. The van der Waals surface area contributed by atoms with Crippen LogP contribution in [-0.4, -0.2) is 42.7 Å². The Hall–Kier alpha value is -2.76. The largest absolute Gasteiger partial charge is 0.497 e. The predicted molar refractivity (Wildman–Crippen MR) is 101 cm³/mol. The Bertz CT molecular complexity index is 700. The zero-order valence-electron chi connectivity index (χ0n) is 15.1. The molecule has 26 heavy (non-hydrogen) atoms. The van der Waals surface area contributed by atoms with Crippen molar-refractivity contribution in [3.63, 3.8) is 0 Å². The third-order valence-electron chi connectivity index (χ3n) is 4.67. The van der Waals surface area contributed by atoms with Crippen LogP contribution in [0.5, 0.6) is 11.5 Å². The van der Waals surface area contributed by atoms with Gasteiger partial charge in [-0.15, -0.1) is 0 Å². The molecule has 2 aromatic rings. The molecule has 1 N–H and O–H groups in total. The average Bonchev–Trinajstić information content (AvgIpc) is 2.69. The highest BCUT2D eigenvalue weighted by molar-refractivity contribution is 5.89. The smallest absolute Gasteiger partial charge is 0.321 e. The van der Waals surface area contributed by atoms with Gasteiger partial charge in [0.05, 0.1) is 13.7 Å². The number of anilines is 1. The van der Waals surface area contributed by atoms with Gasteiger partial charge in [-0.1, -0.05) is 6.07 Å². The standard InChI is InChI=1S/C20H25N3O3/c1-25-19-4-2-3-17(15-19)22-20(24)23-12-7-16(8-13-23)9-14-26-18-5-10-21-11-6-18/h2-6,10-11,15-16H,7-9,12-14H2,1H3,(H,22,24). The fourth-order valence-electron chi connectivity index (χ4n) is 3.11. The summed E-state index contributed by atoms with van der Waals surface area (Å²) in [6, 6.07) is 11.1. The molecule has 0 radical (unpaired) electrons. The molecule has 1 saturated heterocycles. The van der Waals surface area contributed by atoms with E-state index in [9.17, 15) is 4.79 Å². The number of amides is 2. The number of nitrogens with zero attached hydrogens (tertiary/aromatic N) is 2. The molecule has 1 aliphatic heterocycles. The summed E-state index contributed by atoms with van der Waals surface area (Å²) in [5.41, 5.74) is 0.752. The zero-order valence-corrected chi connectivity index (χ0v) is 15.1. The lowest BCUT2D eigenvalue weighted by Crippen LogP contribution is -2.41. The second-order valence-electron chi connectivity index (χ2n) is 6.41. The number of hydrogen-bond acceptors (Lipinski definition) is 4. The average molecular weight is 355 g/mol. The van der Waals surface area contributed by atoms with E-state index >= 15 is 0 Å². The molecule has 2 heterocycles. The zero-order chi connectivity index (χ0) is 18.2. The molecule has 0 unspecified atom stereocenters. The Kier molecular flexibility index (Phi) is 6.30. The van der Waals surface area contributed by atoms with Crippen molar-refractivity contribution in [1.82, 2.24) is 9.88 Å². The van der Waals surface area contributed by atoms with Gasteiger partial charge in [0.2, 0.25) is 0 Å². The third kappa shape index (κ3) is 5.12. The number of carbonyl (C=O) groups is 1. The lowest BCUT2D eigenvalue weighted by atomic mass is 9.94. The highest BCUT2D eigenvalue weighted by Crippen LogP contribution is 2.22. The number of methoxy groups -OCH3 is 1. The summed E-state index contributed by atoms with van der Waals surface area (Å²) in [6.45, 7) is 2.25. The third-order valence-corrected chi connectivity index (χ3v) is 4.67. The van der Waals surface area contributed by atoms with E-state index < -0.39 is 0 Å². The number of ether oxygens (including phenoxy) is 2. The first-order valence-electron chi connectivity index (χ1n) is 8.97. The summed E-state index contributed by atoms with van der Waals surface area (Å²) in [5, 5.41) is 2.94. The van der Waals surface area contributed by atoms with Crippen molar-refractivity contribution < 1.29 is 14.3 Å². The Morgan fingerprint density at radius 1 is 1.19 bits per heavy atom. The quantitative estimate of drug-likeness (QED) is 0.856. The minimum absolute atomic E-state index is 0.0512. The molecule has 1 aliphatic rings. The summed E-state index contributed by atoms with van der Waals surface area (Å²) in [6.07, 6.45) is 6.48. The van der Waals surface area contributed by atoms with Crippen LogP contribution in [0.1, 0.15) is 19.3 Å². The van der Waals surface area contributed by atoms with E-state index in [0.717, 1.165) is 49.5 Å². The summed E-state index contributed by atoms with van der Waals surface area (Å²) in [4.78, 5) is 18.3. The van der Waals surface area contributed by atoms with E-state index in [4.69, 9.17) is 9.47 Å². The van der Waals surface area contributed by atoms with E-state index in [2.05, 4.69) is 10.3 Å². The normalized spacial score (nSPS) is 14.7. The number of nitrogens with one attached hydrogen (secondary N) is 1. The number of carbonyl (C=O) groups excluding carboxylic acids is 1. The molecule has 0 spiro atoms. The molecule has 0 aliphatic carbocycles. The first kappa shape index (κ1) is 18.0. The first-order chi connectivity index (χ1) is 12.7. The van der Waals surface area contributed by atoms with E-state index in [0.29, 0.717) is 12.5 Å². The van der Waals surface area contributed by atoms with Gasteiger partial charge in [0.15, 0.2) is 0 Å². The molecule has 0 saturated carbocycles. The molecule has 3 rings (SSSR count). The monoisotopic (exact) mass is 355 g/mol. The van der Waals surface area contributed by atoms with E-state index in [1.54, 1.807) is 19.5 Å². The number of hydrogen-bond donors (Lipinski definition) is 1. The molecule has 1 aromatic heterocycles. The van der Waals surface area contributed by atoms with Crippen LogP contribution in [0.15, 0.2) is 48.8 Å². The van der Waals surface area contributed by atoms with Crippen LogP contribution in [0.2, 0.25) is 0 Å². The van der Waals surface area contributed by atoms with Crippen LogP contribution in [-0.2, 0) is 0 Å². The summed E-state index contributed by atoms with van der Waals surface area (Å²) < 4.78 is 10.9. The number of urea groups is 1. The van der Waals surface area contributed by atoms with Gasteiger partial charge >= 0.3 is 6.03 Å². The Balaban J connectivity index is 1.39. The van der Waals surface area contributed by atoms with Gasteiger partial charge in [-0.2, -0.15) is 0 Å². The molecule has 138 valence electrons. The highest BCUT2D eigenvalue weighted by Gasteiger charge is 2.22. The summed E-state index contributed by atoms with van der Waals surface area (Å²) in [7, 11) is 1.62. The topological polar surface area (TPSA) is 63.7 Å². The number of piperidine rings is 1. The van der Waals surface area contributed by atoms with Crippen LogP contribution in [0, 0.1) is 5.92 Å². The van der Waals surface area contributed by atoms with Gasteiger partial charge in [0.25, 0.3) is 0 Å². The number of pyridine rings is 1. The van der Waals surface area contributed by atoms with Gasteiger partial charge in [0.1, 0.15) is 11.5 Å². The Morgan fingerprint density at radius 2 is 1.96 bits per heavy atom. The van der Waals surface area contributed by atoms with Gasteiger partial charge in [0, 0.05) is 37.2 Å². The lowest BCUT2D eigenvalue weighted by Gasteiger charge is -2.32. The molecule has 0 bridgehead atoms. The maximum absolute atomic E-state index is 12.4. The van der Waals surface area contributed by atoms with Crippen LogP contribution in [0.25, 0.3) is 0 Å². The number of aromatic nitrogens is 1. The molecular formula is C20H25N3O3. The van der Waals surface area contributed by atoms with Crippen molar-refractivity contribution in [2.45, 2.75) is 19.3 Å².